The number of halogens is 2. The third-order valence-electron chi connectivity index (χ3n) is 3.51. The second kappa shape index (κ2) is 2.27. The maximum Gasteiger partial charge on any atom is 0.255 e. The van der Waals surface area contributed by atoms with E-state index >= 15 is 0 Å². The first kappa shape index (κ1) is 8.21. The highest BCUT2D eigenvalue weighted by atomic mass is 19.3. The number of nitrogens with two attached hydrogens (primary N) is 1. The van der Waals surface area contributed by atoms with Gasteiger partial charge in [-0.25, -0.2) is 8.78 Å². The third kappa shape index (κ3) is 0.825. The molecule has 2 N–H and O–H groups in total. The molecule has 74 valence electrons. The molecule has 0 radical (unpaired) electrons. The van der Waals surface area contributed by atoms with Gasteiger partial charge in [0.1, 0.15) is 0 Å². The molecule has 0 amide bonds. The van der Waals surface area contributed by atoms with Gasteiger partial charge in [0.15, 0.2) is 0 Å². The summed E-state index contributed by atoms with van der Waals surface area (Å²) in [6, 6.07) is 5.37. The van der Waals surface area contributed by atoms with Gasteiger partial charge in [0, 0.05) is 18.0 Å². The lowest BCUT2D eigenvalue weighted by Crippen LogP contribution is -2.23. The van der Waals surface area contributed by atoms with E-state index < -0.39 is 11.8 Å². The summed E-state index contributed by atoms with van der Waals surface area (Å²) in [4.78, 5) is 0. The number of benzene rings is 1. The van der Waals surface area contributed by atoms with Gasteiger partial charge in [-0.15, -0.1) is 0 Å². The van der Waals surface area contributed by atoms with Crippen LogP contribution < -0.4 is 5.73 Å². The molecule has 2 unspecified atom stereocenters. The highest BCUT2D eigenvalue weighted by Crippen LogP contribution is 2.61. The van der Waals surface area contributed by atoms with Crippen LogP contribution in [0.3, 0.4) is 0 Å². The lowest BCUT2D eigenvalue weighted by molar-refractivity contribution is -0.0137. The second-order valence-electron chi connectivity index (χ2n) is 4.30. The molecule has 0 heterocycles. The van der Waals surface area contributed by atoms with Crippen molar-refractivity contribution in [2.45, 2.75) is 30.6 Å². The number of fused-ring (bicyclic) bond motifs is 5. The number of anilines is 1. The van der Waals surface area contributed by atoms with Gasteiger partial charge < -0.3 is 5.73 Å². The Kier molecular flexibility index (Phi) is 1.33. The molecule has 0 aromatic heterocycles. The normalized spacial score (nSPS) is 31.9. The van der Waals surface area contributed by atoms with Gasteiger partial charge in [-0.05, 0) is 29.5 Å². The molecule has 1 nitrogen and oxygen atoms in total. The monoisotopic (exact) mass is 195 g/mol. The van der Waals surface area contributed by atoms with Gasteiger partial charge >= 0.3 is 0 Å². The molecule has 2 atom stereocenters. The molecule has 14 heavy (non-hydrogen) atoms. The van der Waals surface area contributed by atoms with Crippen LogP contribution in [0.25, 0.3) is 0 Å². The van der Waals surface area contributed by atoms with Crippen LogP contribution in [0.1, 0.15) is 35.8 Å². The molecule has 0 saturated heterocycles. The van der Waals surface area contributed by atoms with Crippen LogP contribution in [0.4, 0.5) is 14.5 Å². The van der Waals surface area contributed by atoms with Crippen molar-refractivity contribution in [1.29, 1.82) is 0 Å². The Morgan fingerprint density at radius 2 is 2.14 bits per heavy atom. The SMILES string of the molecule is Nc1cccc2c1C1CC2C(F)(F)C1. The van der Waals surface area contributed by atoms with Crippen molar-refractivity contribution in [2.24, 2.45) is 0 Å². The Morgan fingerprint density at radius 3 is 2.93 bits per heavy atom. The molecule has 2 aliphatic carbocycles. The largest absolute Gasteiger partial charge is 0.398 e. The highest BCUT2D eigenvalue weighted by molar-refractivity contribution is 5.58. The minimum absolute atomic E-state index is 0.00815. The van der Waals surface area contributed by atoms with E-state index in [0.717, 1.165) is 11.1 Å². The van der Waals surface area contributed by atoms with E-state index in [2.05, 4.69) is 0 Å². The van der Waals surface area contributed by atoms with Crippen LogP contribution in [0.5, 0.6) is 0 Å². The van der Waals surface area contributed by atoms with Crippen molar-refractivity contribution in [2.75, 3.05) is 5.73 Å². The first-order valence-electron chi connectivity index (χ1n) is 4.85. The summed E-state index contributed by atoms with van der Waals surface area (Å²) in [6.45, 7) is 0. The van der Waals surface area contributed by atoms with Gasteiger partial charge in [0.2, 0.25) is 0 Å². The van der Waals surface area contributed by atoms with Gasteiger partial charge in [0.25, 0.3) is 5.92 Å². The second-order valence-corrected chi connectivity index (χ2v) is 4.30. The lowest BCUT2D eigenvalue weighted by atomic mass is 9.88. The summed E-state index contributed by atoms with van der Waals surface area (Å²) in [7, 11) is 0. The lowest BCUT2D eigenvalue weighted by Gasteiger charge is -2.24. The van der Waals surface area contributed by atoms with E-state index in [1.165, 1.54) is 0 Å². The van der Waals surface area contributed by atoms with Crippen molar-refractivity contribution < 1.29 is 8.78 Å². The van der Waals surface area contributed by atoms with Crippen LogP contribution in [-0.2, 0) is 0 Å². The maximum absolute atomic E-state index is 13.4. The summed E-state index contributed by atoms with van der Waals surface area (Å²) < 4.78 is 26.8. The topological polar surface area (TPSA) is 26.0 Å². The molecule has 3 heteroatoms. The predicted octanol–water partition coefficient (Wildman–Crippen LogP) is 2.88. The highest BCUT2D eigenvalue weighted by Gasteiger charge is 2.55. The molecule has 1 fully saturated rings. The van der Waals surface area contributed by atoms with E-state index in [4.69, 9.17) is 5.73 Å². The van der Waals surface area contributed by atoms with Gasteiger partial charge in [-0.1, -0.05) is 12.1 Å². The van der Waals surface area contributed by atoms with Crippen molar-refractivity contribution in [3.8, 4) is 0 Å². The van der Waals surface area contributed by atoms with Crippen LogP contribution >= 0.6 is 0 Å². The minimum Gasteiger partial charge on any atom is -0.398 e. The van der Waals surface area contributed by atoms with Crippen molar-refractivity contribution in [1.82, 2.24) is 0 Å². The predicted molar refractivity (Wildman–Crippen MR) is 50.5 cm³/mol. The number of nitrogen functional groups attached to an aromatic ring is 1. The van der Waals surface area contributed by atoms with E-state index in [1.54, 1.807) is 18.2 Å². The quantitative estimate of drug-likeness (QED) is 0.633. The average molecular weight is 195 g/mol. The van der Waals surface area contributed by atoms with Crippen LogP contribution in [-0.4, -0.2) is 5.92 Å². The third-order valence-corrected chi connectivity index (χ3v) is 3.51. The summed E-state index contributed by atoms with van der Waals surface area (Å²) >= 11 is 0. The summed E-state index contributed by atoms with van der Waals surface area (Å²) in [5, 5.41) is 0. The summed E-state index contributed by atoms with van der Waals surface area (Å²) in [6.07, 6.45) is 0.565. The molecule has 1 aromatic rings. The fraction of sp³-hybridized carbons (Fsp3) is 0.455. The molecule has 0 aliphatic heterocycles. The molecular formula is C11H11F2N. The van der Waals surface area contributed by atoms with E-state index in [1.807, 2.05) is 0 Å². The van der Waals surface area contributed by atoms with Crippen molar-refractivity contribution in [3.63, 3.8) is 0 Å². The van der Waals surface area contributed by atoms with Crippen molar-refractivity contribution in [3.05, 3.63) is 29.3 Å². The zero-order chi connectivity index (χ0) is 9.92. The van der Waals surface area contributed by atoms with Gasteiger partial charge in [-0.3, -0.25) is 0 Å². The Morgan fingerprint density at radius 1 is 1.36 bits per heavy atom. The molecule has 1 saturated carbocycles. The number of alkyl halides is 2. The number of hydrogen-bond acceptors (Lipinski definition) is 1. The Balaban J connectivity index is 2.20. The molecule has 2 aliphatic rings. The minimum atomic E-state index is -2.51. The van der Waals surface area contributed by atoms with Crippen LogP contribution in [0.2, 0.25) is 0 Å². The van der Waals surface area contributed by atoms with E-state index in [9.17, 15) is 8.78 Å². The molecule has 1 aromatic carbocycles. The van der Waals surface area contributed by atoms with E-state index in [-0.39, 0.29) is 12.3 Å². The zero-order valence-corrected chi connectivity index (χ0v) is 7.63. The van der Waals surface area contributed by atoms with Crippen molar-refractivity contribution >= 4 is 5.69 Å². The zero-order valence-electron chi connectivity index (χ0n) is 7.63. The number of rotatable bonds is 0. The number of hydrogen-bond donors (Lipinski definition) is 1. The maximum atomic E-state index is 13.4. The first-order valence-corrected chi connectivity index (χ1v) is 4.85. The Bertz CT molecular complexity index is 400. The van der Waals surface area contributed by atoms with Gasteiger partial charge in [0.05, 0.1) is 0 Å². The molecular weight excluding hydrogens is 184 g/mol. The van der Waals surface area contributed by atoms with E-state index in [0.29, 0.717) is 12.1 Å². The summed E-state index contributed by atoms with van der Waals surface area (Å²) in [5.74, 6) is -3.09. The molecule has 2 bridgehead atoms. The fourth-order valence-electron chi connectivity index (χ4n) is 2.96. The Hall–Kier alpha value is -1.12. The Labute approximate surface area is 80.9 Å². The standard InChI is InChI=1S/C11H11F2N/c12-11(13)5-6-4-8(11)7-2-1-3-9(14)10(6)7/h1-3,6,8H,4-5,14H2. The van der Waals surface area contributed by atoms with Crippen LogP contribution in [0.15, 0.2) is 18.2 Å². The fourth-order valence-corrected chi connectivity index (χ4v) is 2.96. The van der Waals surface area contributed by atoms with Crippen LogP contribution in [0, 0.1) is 0 Å². The average Bonchev–Trinajstić information content (AvgIpc) is 2.58. The summed E-state index contributed by atoms with van der Waals surface area (Å²) in [5.41, 5.74) is 8.26. The molecule has 3 rings (SSSR count). The smallest absolute Gasteiger partial charge is 0.255 e. The molecule has 0 spiro atoms. The first-order chi connectivity index (χ1) is 6.59. The van der Waals surface area contributed by atoms with Gasteiger partial charge in [-0.2, -0.15) is 0 Å².